The molecule has 0 amide bonds. The minimum Gasteiger partial charge on any atom is -0.329 e. The number of aromatic nitrogens is 2. The van der Waals surface area contributed by atoms with Crippen molar-refractivity contribution in [2.75, 3.05) is 20.1 Å². The molecule has 2 heterocycles. The maximum absolute atomic E-state index is 9.22. The fourth-order valence-electron chi connectivity index (χ4n) is 3.13. The molecule has 0 spiro atoms. The lowest BCUT2D eigenvalue weighted by atomic mass is 9.80. The van der Waals surface area contributed by atoms with Gasteiger partial charge >= 0.3 is 0 Å². The largest absolute Gasteiger partial charge is 0.329 e. The van der Waals surface area contributed by atoms with Crippen molar-refractivity contribution in [1.82, 2.24) is 14.5 Å². The zero-order valence-corrected chi connectivity index (χ0v) is 13.3. The first-order chi connectivity index (χ1) is 10.0. The van der Waals surface area contributed by atoms with E-state index in [0.717, 1.165) is 30.7 Å². The zero-order valence-electron chi connectivity index (χ0n) is 12.5. The highest BCUT2D eigenvalue weighted by Gasteiger charge is 2.30. The first kappa shape index (κ1) is 14.3. The Morgan fingerprint density at radius 2 is 2.10 bits per heavy atom. The minimum absolute atomic E-state index is 0.266. The molecule has 2 aromatic rings. The lowest BCUT2D eigenvalue weighted by Gasteiger charge is -2.38. The molecule has 0 radical (unpaired) electrons. The van der Waals surface area contributed by atoms with Crippen molar-refractivity contribution < 1.29 is 0 Å². The summed E-state index contributed by atoms with van der Waals surface area (Å²) in [5.41, 5.74) is 2.83. The molecule has 3 rings (SSSR count). The maximum atomic E-state index is 9.22. The molecule has 1 aliphatic heterocycles. The van der Waals surface area contributed by atoms with Crippen LogP contribution in [0.25, 0.3) is 11.0 Å². The molecule has 1 aliphatic rings. The second-order valence-corrected chi connectivity index (χ2v) is 6.83. The fraction of sp³-hybridized carbons (Fsp3) is 0.500. The molecule has 1 N–H and O–H groups in total. The molecule has 0 unspecified atom stereocenters. The van der Waals surface area contributed by atoms with Crippen LogP contribution in [0.15, 0.2) is 18.2 Å². The summed E-state index contributed by atoms with van der Waals surface area (Å²) in [5, 5.41) is 9.22. The summed E-state index contributed by atoms with van der Waals surface area (Å²) in [6.45, 7) is 5.52. The van der Waals surface area contributed by atoms with Crippen molar-refractivity contribution in [2.24, 2.45) is 5.41 Å². The summed E-state index contributed by atoms with van der Waals surface area (Å²) in [6, 6.07) is 8.03. The number of nitriles is 1. The van der Waals surface area contributed by atoms with E-state index >= 15 is 0 Å². The van der Waals surface area contributed by atoms with Crippen LogP contribution in [0.5, 0.6) is 0 Å². The smallest absolute Gasteiger partial charge is 0.178 e. The van der Waals surface area contributed by atoms with E-state index in [-0.39, 0.29) is 5.41 Å². The fourth-order valence-corrected chi connectivity index (χ4v) is 3.39. The molecule has 0 bridgehead atoms. The summed E-state index contributed by atoms with van der Waals surface area (Å²) in [7, 11) is 2.18. The van der Waals surface area contributed by atoms with Gasteiger partial charge in [-0.15, -0.1) is 0 Å². The molecule has 1 fully saturated rings. The van der Waals surface area contributed by atoms with Gasteiger partial charge in [-0.1, -0.05) is 13.0 Å². The topological polar surface area (TPSA) is 47.8 Å². The van der Waals surface area contributed by atoms with Crippen LogP contribution >= 0.6 is 12.2 Å². The predicted molar refractivity (Wildman–Crippen MR) is 86.7 cm³/mol. The van der Waals surface area contributed by atoms with Crippen LogP contribution in [0, 0.1) is 21.5 Å². The summed E-state index contributed by atoms with van der Waals surface area (Å²) in [6.07, 6.45) is 2.35. The van der Waals surface area contributed by atoms with Crippen LogP contribution in [0.1, 0.15) is 25.3 Å². The van der Waals surface area contributed by atoms with Crippen molar-refractivity contribution in [3.63, 3.8) is 0 Å². The second kappa shape index (κ2) is 5.28. The third-order valence-electron chi connectivity index (χ3n) is 4.66. The number of hydrogen-bond donors (Lipinski definition) is 1. The second-order valence-electron chi connectivity index (χ2n) is 6.44. The molecule has 110 valence electrons. The lowest BCUT2D eigenvalue weighted by molar-refractivity contribution is 0.121. The van der Waals surface area contributed by atoms with Crippen LogP contribution < -0.4 is 0 Å². The maximum Gasteiger partial charge on any atom is 0.178 e. The number of piperidine rings is 1. The number of benzene rings is 1. The van der Waals surface area contributed by atoms with Gasteiger partial charge in [-0.25, -0.2) is 0 Å². The van der Waals surface area contributed by atoms with Crippen molar-refractivity contribution >= 4 is 23.3 Å². The van der Waals surface area contributed by atoms with Gasteiger partial charge in [-0.3, -0.25) is 0 Å². The molecule has 5 heteroatoms. The van der Waals surface area contributed by atoms with Crippen molar-refractivity contribution in [1.29, 1.82) is 5.26 Å². The molecule has 1 aromatic carbocycles. The lowest BCUT2D eigenvalue weighted by Crippen LogP contribution is -2.38. The average molecular weight is 300 g/mol. The highest BCUT2D eigenvalue weighted by Crippen LogP contribution is 2.33. The van der Waals surface area contributed by atoms with Crippen molar-refractivity contribution in [3.8, 4) is 6.07 Å². The number of rotatable bonds is 2. The SMILES string of the molecule is CN1CCC(C)(Cn2c(=S)[nH]c3c(C#N)cccc32)CC1. The van der Waals surface area contributed by atoms with Gasteiger partial charge in [0.2, 0.25) is 0 Å². The van der Waals surface area contributed by atoms with E-state index in [1.165, 1.54) is 12.8 Å². The summed E-state index contributed by atoms with van der Waals surface area (Å²) >= 11 is 5.49. The van der Waals surface area contributed by atoms with Gasteiger partial charge < -0.3 is 14.5 Å². The van der Waals surface area contributed by atoms with Gasteiger partial charge in [-0.2, -0.15) is 5.26 Å². The van der Waals surface area contributed by atoms with E-state index < -0.39 is 0 Å². The van der Waals surface area contributed by atoms with Gasteiger partial charge in [0.1, 0.15) is 6.07 Å². The van der Waals surface area contributed by atoms with Gasteiger partial charge in [0.15, 0.2) is 4.77 Å². The van der Waals surface area contributed by atoms with Crippen molar-refractivity contribution in [3.05, 3.63) is 28.5 Å². The Labute approximate surface area is 130 Å². The first-order valence-electron chi connectivity index (χ1n) is 7.33. The third-order valence-corrected chi connectivity index (χ3v) is 4.99. The van der Waals surface area contributed by atoms with Gasteiger partial charge in [-0.05, 0) is 62.7 Å². The number of fused-ring (bicyclic) bond motifs is 1. The Morgan fingerprint density at radius 1 is 1.38 bits per heavy atom. The molecule has 0 atom stereocenters. The van der Waals surface area contributed by atoms with E-state index in [1.54, 1.807) is 0 Å². The van der Waals surface area contributed by atoms with Crippen LogP contribution in [-0.2, 0) is 6.54 Å². The van der Waals surface area contributed by atoms with Crippen LogP contribution in [0.4, 0.5) is 0 Å². The van der Waals surface area contributed by atoms with E-state index in [4.69, 9.17) is 12.2 Å². The van der Waals surface area contributed by atoms with E-state index in [2.05, 4.69) is 34.5 Å². The Morgan fingerprint density at radius 3 is 2.76 bits per heavy atom. The Balaban J connectivity index is 2.00. The van der Waals surface area contributed by atoms with Gasteiger partial charge in [0.05, 0.1) is 16.6 Å². The summed E-state index contributed by atoms with van der Waals surface area (Å²) in [4.78, 5) is 5.59. The van der Waals surface area contributed by atoms with E-state index in [1.807, 2.05) is 18.2 Å². The first-order valence-corrected chi connectivity index (χ1v) is 7.73. The third kappa shape index (κ3) is 2.61. The molecule has 4 nitrogen and oxygen atoms in total. The molecular weight excluding hydrogens is 280 g/mol. The number of H-pyrrole nitrogens is 1. The number of nitrogens with zero attached hydrogens (tertiary/aromatic N) is 3. The van der Waals surface area contributed by atoms with Crippen LogP contribution in [-0.4, -0.2) is 34.6 Å². The normalized spacial score (nSPS) is 18.7. The van der Waals surface area contributed by atoms with Gasteiger partial charge in [0.25, 0.3) is 0 Å². The van der Waals surface area contributed by atoms with Crippen LogP contribution in [0.2, 0.25) is 0 Å². The average Bonchev–Trinajstić information content (AvgIpc) is 2.79. The monoisotopic (exact) mass is 300 g/mol. The molecule has 1 saturated heterocycles. The molecular formula is C16H20N4S. The quantitative estimate of drug-likeness (QED) is 0.866. The summed E-state index contributed by atoms with van der Waals surface area (Å²) < 4.78 is 2.88. The number of likely N-dealkylation sites (tertiary alicyclic amines) is 1. The highest BCUT2D eigenvalue weighted by atomic mass is 32.1. The summed E-state index contributed by atoms with van der Waals surface area (Å²) in [5.74, 6) is 0. The number of imidazole rings is 1. The molecule has 1 aromatic heterocycles. The predicted octanol–water partition coefficient (Wildman–Crippen LogP) is 3.30. The van der Waals surface area contributed by atoms with E-state index in [9.17, 15) is 5.26 Å². The standard InChI is InChI=1S/C16H20N4S/c1-16(6-8-19(2)9-7-16)11-20-13-5-3-4-12(10-17)14(13)18-15(20)21/h3-5H,6-9,11H2,1-2H3,(H,18,21). The molecule has 21 heavy (non-hydrogen) atoms. The van der Waals surface area contributed by atoms with Crippen LogP contribution in [0.3, 0.4) is 0 Å². The van der Waals surface area contributed by atoms with Crippen molar-refractivity contribution in [2.45, 2.75) is 26.3 Å². The number of aromatic amines is 1. The number of nitrogens with one attached hydrogen (secondary N) is 1. The Hall–Kier alpha value is -1.64. The van der Waals surface area contributed by atoms with E-state index in [0.29, 0.717) is 10.3 Å². The minimum atomic E-state index is 0.266. The highest BCUT2D eigenvalue weighted by molar-refractivity contribution is 7.71. The zero-order chi connectivity index (χ0) is 15.0. The number of hydrogen-bond acceptors (Lipinski definition) is 3. The Bertz CT molecular complexity index is 757. The Kier molecular flexibility index (Phi) is 3.60. The molecule has 0 aliphatic carbocycles. The molecule has 0 saturated carbocycles. The number of para-hydroxylation sites is 1. The van der Waals surface area contributed by atoms with Gasteiger partial charge in [0, 0.05) is 6.54 Å².